The number of nitrogens with one attached hydrogen (secondary N) is 1. The van der Waals surface area contributed by atoms with Crippen LogP contribution in [-0.2, 0) is 4.79 Å². The molecule has 0 aliphatic rings. The molecule has 0 atom stereocenters. The van der Waals surface area contributed by atoms with Crippen LogP contribution in [0.3, 0.4) is 0 Å². The number of carbonyl (C=O) groups is 2. The molecule has 2 rings (SSSR count). The molecule has 7 nitrogen and oxygen atoms in total. The third kappa shape index (κ3) is 4.93. The van der Waals surface area contributed by atoms with Crippen LogP contribution >= 0.6 is 23.2 Å². The Morgan fingerprint density at radius 3 is 2.54 bits per heavy atom. The molecule has 0 saturated carbocycles. The number of carbonyl (C=O) groups excluding carboxylic acids is 2. The number of nitro benzene ring substituents is 1. The van der Waals surface area contributed by atoms with Gasteiger partial charge in [0.05, 0.1) is 17.6 Å². The van der Waals surface area contributed by atoms with Gasteiger partial charge in [-0.05, 0) is 30.3 Å². The van der Waals surface area contributed by atoms with Crippen molar-refractivity contribution in [3.05, 3.63) is 62.1 Å². The van der Waals surface area contributed by atoms with Crippen LogP contribution < -0.4 is 10.1 Å². The molecule has 0 aliphatic carbocycles. The third-order valence-corrected chi connectivity index (χ3v) is 4.02. The Morgan fingerprint density at radius 2 is 1.88 bits per heavy atom. The lowest BCUT2D eigenvalue weighted by molar-refractivity contribution is -0.384. The lowest BCUT2D eigenvalue weighted by atomic mass is 10.1. The molecular weight excluding hydrogens is 383 g/mol. The van der Waals surface area contributed by atoms with E-state index in [0.717, 1.165) is 6.07 Å². The first kappa shape index (κ1) is 19.7. The monoisotopic (exact) mass is 396 g/mol. The number of anilines is 1. The Labute approximate surface area is 159 Å². The first-order valence-electron chi connectivity index (χ1n) is 7.42. The van der Waals surface area contributed by atoms with Crippen molar-refractivity contribution in [3.8, 4) is 5.75 Å². The van der Waals surface area contributed by atoms with Crippen LogP contribution in [0.15, 0.2) is 36.4 Å². The van der Waals surface area contributed by atoms with Gasteiger partial charge in [-0.1, -0.05) is 23.2 Å². The largest absolute Gasteiger partial charge is 0.496 e. The molecule has 0 unspecified atom stereocenters. The molecule has 1 N–H and O–H groups in total. The zero-order valence-corrected chi connectivity index (χ0v) is 15.1. The van der Waals surface area contributed by atoms with Crippen LogP contribution in [0, 0.1) is 10.1 Å². The van der Waals surface area contributed by atoms with E-state index in [1.54, 1.807) is 12.1 Å². The summed E-state index contributed by atoms with van der Waals surface area (Å²) in [5.74, 6) is -0.398. The number of nitro groups is 1. The molecular formula is C17H14Cl2N2O5. The molecule has 1 amide bonds. The molecule has 2 aromatic rings. The van der Waals surface area contributed by atoms with Crippen LogP contribution in [0.25, 0.3) is 0 Å². The molecule has 0 bridgehead atoms. The summed E-state index contributed by atoms with van der Waals surface area (Å²) >= 11 is 11.6. The second kappa shape index (κ2) is 8.64. The molecule has 0 heterocycles. The lowest BCUT2D eigenvalue weighted by Crippen LogP contribution is -2.14. The van der Waals surface area contributed by atoms with Gasteiger partial charge in [-0.25, -0.2) is 0 Å². The highest BCUT2D eigenvalue weighted by Crippen LogP contribution is 2.28. The SMILES string of the molecule is COc1ccc(Cl)cc1C(=O)CCC(=O)Nc1ccc(Cl)c([N+](=O)[O-])c1. The van der Waals surface area contributed by atoms with Gasteiger partial charge < -0.3 is 10.1 Å². The second-order valence-corrected chi connectivity index (χ2v) is 6.08. The van der Waals surface area contributed by atoms with Gasteiger partial charge >= 0.3 is 0 Å². The lowest BCUT2D eigenvalue weighted by Gasteiger charge is -2.09. The van der Waals surface area contributed by atoms with Crippen LogP contribution in [0.1, 0.15) is 23.2 Å². The number of ether oxygens (including phenoxy) is 1. The molecule has 0 spiro atoms. The predicted octanol–water partition coefficient (Wildman–Crippen LogP) is 4.51. The van der Waals surface area contributed by atoms with Crippen molar-refractivity contribution in [3.63, 3.8) is 0 Å². The van der Waals surface area contributed by atoms with Gasteiger partial charge in [0, 0.05) is 29.6 Å². The molecule has 0 aliphatic heterocycles. The van der Waals surface area contributed by atoms with Gasteiger partial charge in [0.25, 0.3) is 5.69 Å². The standard InChI is InChI=1S/C17H14Cl2N2O5/c1-26-16-6-2-10(18)8-12(16)15(22)5-7-17(23)20-11-3-4-13(19)14(9-11)21(24)25/h2-4,6,8-9H,5,7H2,1H3,(H,20,23). The average Bonchev–Trinajstić information content (AvgIpc) is 2.61. The molecule has 0 fully saturated rings. The van der Waals surface area contributed by atoms with Gasteiger partial charge in [0.2, 0.25) is 5.91 Å². The maximum atomic E-state index is 12.3. The normalized spacial score (nSPS) is 10.3. The van der Waals surface area contributed by atoms with Crippen LogP contribution in [-0.4, -0.2) is 23.7 Å². The first-order valence-corrected chi connectivity index (χ1v) is 8.18. The Bertz CT molecular complexity index is 870. The van der Waals surface area contributed by atoms with E-state index in [1.165, 1.54) is 25.3 Å². The van der Waals surface area contributed by atoms with E-state index in [1.807, 2.05) is 0 Å². The topological polar surface area (TPSA) is 98.5 Å². The number of hydrogen-bond donors (Lipinski definition) is 1. The van der Waals surface area contributed by atoms with Crippen LogP contribution in [0.5, 0.6) is 5.75 Å². The zero-order chi connectivity index (χ0) is 19.3. The maximum Gasteiger partial charge on any atom is 0.289 e. The van der Waals surface area contributed by atoms with Gasteiger partial charge in [0.1, 0.15) is 10.8 Å². The summed E-state index contributed by atoms with van der Waals surface area (Å²) in [6.07, 6.45) is -0.177. The molecule has 2 aromatic carbocycles. The highest BCUT2D eigenvalue weighted by molar-refractivity contribution is 6.32. The number of benzene rings is 2. The number of Topliss-reactive ketones (excluding diaryl/α,β-unsaturated/α-hetero) is 1. The molecule has 9 heteroatoms. The number of ketones is 1. The summed E-state index contributed by atoms with van der Waals surface area (Å²) in [7, 11) is 1.43. The van der Waals surface area contributed by atoms with Crippen LogP contribution in [0.4, 0.5) is 11.4 Å². The molecule has 136 valence electrons. The fraction of sp³-hybridized carbons (Fsp3) is 0.176. The quantitative estimate of drug-likeness (QED) is 0.421. The summed E-state index contributed by atoms with van der Waals surface area (Å²) in [4.78, 5) is 34.5. The van der Waals surface area contributed by atoms with Gasteiger partial charge in [-0.3, -0.25) is 19.7 Å². The summed E-state index contributed by atoms with van der Waals surface area (Å²) in [6.45, 7) is 0. The second-order valence-electron chi connectivity index (χ2n) is 5.24. The van der Waals surface area contributed by atoms with E-state index >= 15 is 0 Å². The predicted molar refractivity (Wildman–Crippen MR) is 98.3 cm³/mol. The Kier molecular flexibility index (Phi) is 6.54. The fourth-order valence-corrected chi connectivity index (χ4v) is 2.57. The number of methoxy groups -OCH3 is 1. The average molecular weight is 397 g/mol. The highest BCUT2D eigenvalue weighted by Gasteiger charge is 2.16. The van der Waals surface area contributed by atoms with E-state index in [-0.39, 0.29) is 40.6 Å². The van der Waals surface area contributed by atoms with E-state index < -0.39 is 10.8 Å². The Balaban J connectivity index is 2.01. The van der Waals surface area contributed by atoms with Gasteiger partial charge in [0.15, 0.2) is 5.78 Å². The van der Waals surface area contributed by atoms with Crippen molar-refractivity contribution < 1.29 is 19.2 Å². The van der Waals surface area contributed by atoms with Crippen molar-refractivity contribution in [1.29, 1.82) is 0 Å². The fourth-order valence-electron chi connectivity index (χ4n) is 2.21. The zero-order valence-electron chi connectivity index (χ0n) is 13.6. The summed E-state index contributed by atoms with van der Waals surface area (Å²) in [5.41, 5.74) is 0.193. The molecule has 0 saturated heterocycles. The number of nitrogens with zero attached hydrogens (tertiary/aromatic N) is 1. The first-order chi connectivity index (χ1) is 12.3. The number of rotatable bonds is 7. The van der Waals surface area contributed by atoms with Crippen molar-refractivity contribution in [2.24, 2.45) is 0 Å². The van der Waals surface area contributed by atoms with E-state index in [9.17, 15) is 19.7 Å². The summed E-state index contributed by atoms with van der Waals surface area (Å²) in [6, 6.07) is 8.55. The Hall–Kier alpha value is -2.64. The van der Waals surface area contributed by atoms with Gasteiger partial charge in [-0.2, -0.15) is 0 Å². The van der Waals surface area contributed by atoms with E-state index in [0.29, 0.717) is 10.8 Å². The van der Waals surface area contributed by atoms with Crippen molar-refractivity contribution in [2.75, 3.05) is 12.4 Å². The molecule has 26 heavy (non-hydrogen) atoms. The van der Waals surface area contributed by atoms with Crippen molar-refractivity contribution in [1.82, 2.24) is 0 Å². The number of halogens is 2. The maximum absolute atomic E-state index is 12.3. The molecule has 0 radical (unpaired) electrons. The van der Waals surface area contributed by atoms with Crippen molar-refractivity contribution in [2.45, 2.75) is 12.8 Å². The highest BCUT2D eigenvalue weighted by atomic mass is 35.5. The molecule has 0 aromatic heterocycles. The van der Waals surface area contributed by atoms with Crippen molar-refractivity contribution >= 4 is 46.3 Å². The minimum atomic E-state index is -0.646. The Morgan fingerprint density at radius 1 is 1.15 bits per heavy atom. The minimum absolute atomic E-state index is 0.0313. The number of hydrogen-bond acceptors (Lipinski definition) is 5. The minimum Gasteiger partial charge on any atom is -0.496 e. The third-order valence-electron chi connectivity index (χ3n) is 3.47. The summed E-state index contributed by atoms with van der Waals surface area (Å²) < 4.78 is 5.11. The summed E-state index contributed by atoms with van der Waals surface area (Å²) in [5, 5.41) is 13.7. The van der Waals surface area contributed by atoms with E-state index in [4.69, 9.17) is 27.9 Å². The van der Waals surface area contributed by atoms with E-state index in [2.05, 4.69) is 5.32 Å². The van der Waals surface area contributed by atoms with Gasteiger partial charge in [-0.15, -0.1) is 0 Å². The van der Waals surface area contributed by atoms with Crippen LogP contribution in [0.2, 0.25) is 10.0 Å². The number of amides is 1. The smallest absolute Gasteiger partial charge is 0.289 e.